The van der Waals surface area contributed by atoms with Gasteiger partial charge in [-0.1, -0.05) is 36.4 Å². The van der Waals surface area contributed by atoms with Crippen LogP contribution in [0.25, 0.3) is 22.9 Å². The summed E-state index contributed by atoms with van der Waals surface area (Å²) >= 11 is 0. The first kappa shape index (κ1) is 15.8. The van der Waals surface area contributed by atoms with E-state index >= 15 is 0 Å². The molecule has 2 N–H and O–H groups in total. The minimum Gasteiger partial charge on any atom is -0.369 e. The molecular formula is C20H16N4O2. The van der Waals surface area contributed by atoms with Crippen LogP contribution in [-0.2, 0) is 0 Å². The molecule has 0 aliphatic heterocycles. The van der Waals surface area contributed by atoms with Gasteiger partial charge in [0.1, 0.15) is 0 Å². The number of aliphatic imine (C=N–C) groups is 1. The highest BCUT2D eigenvalue weighted by atomic mass is 16.6. The Bertz CT molecular complexity index is 1070. The third-order valence-corrected chi connectivity index (χ3v) is 4.53. The Morgan fingerprint density at radius 3 is 2.42 bits per heavy atom. The second kappa shape index (κ2) is 6.00. The molecule has 0 heterocycles. The molecule has 0 amide bonds. The predicted octanol–water partition coefficient (Wildman–Crippen LogP) is 4.31. The third-order valence-electron chi connectivity index (χ3n) is 4.53. The van der Waals surface area contributed by atoms with E-state index in [1.807, 2.05) is 24.1 Å². The number of anilines is 1. The van der Waals surface area contributed by atoms with Crippen LogP contribution in [0.1, 0.15) is 11.1 Å². The van der Waals surface area contributed by atoms with Gasteiger partial charge in [0.2, 0.25) is 5.96 Å². The van der Waals surface area contributed by atoms with Gasteiger partial charge in [-0.05, 0) is 34.7 Å². The molecule has 0 spiro atoms. The Kier molecular flexibility index (Phi) is 3.65. The van der Waals surface area contributed by atoms with E-state index in [0.29, 0.717) is 11.6 Å². The number of rotatable bonds is 3. The number of non-ortho nitro benzene ring substituents is 1. The van der Waals surface area contributed by atoms with Crippen LogP contribution >= 0.6 is 0 Å². The fraction of sp³-hybridized carbons (Fsp3) is 0.0500. The molecule has 1 aliphatic carbocycles. The van der Waals surface area contributed by atoms with Crippen LogP contribution in [0.2, 0.25) is 0 Å². The second-order valence-corrected chi connectivity index (χ2v) is 6.08. The fourth-order valence-electron chi connectivity index (χ4n) is 3.18. The summed E-state index contributed by atoms with van der Waals surface area (Å²) in [5.41, 5.74) is 10.1. The van der Waals surface area contributed by atoms with E-state index in [1.165, 1.54) is 28.6 Å². The number of guanidine groups is 1. The molecule has 0 unspecified atom stereocenters. The quantitative estimate of drug-likeness (QED) is 0.260. The van der Waals surface area contributed by atoms with Crippen molar-refractivity contribution in [3.63, 3.8) is 0 Å². The van der Waals surface area contributed by atoms with Gasteiger partial charge in [0.25, 0.3) is 5.69 Å². The van der Waals surface area contributed by atoms with Crippen molar-refractivity contribution in [2.45, 2.75) is 0 Å². The van der Waals surface area contributed by atoms with Crippen molar-refractivity contribution in [1.82, 2.24) is 0 Å². The smallest absolute Gasteiger partial charge is 0.269 e. The van der Waals surface area contributed by atoms with Crippen molar-refractivity contribution >= 4 is 45.9 Å². The lowest BCUT2D eigenvalue weighted by atomic mass is 10.0. The molecular weight excluding hydrogens is 328 g/mol. The summed E-state index contributed by atoms with van der Waals surface area (Å²) in [5.74, 6) is 0.311. The topological polar surface area (TPSA) is 84.8 Å². The molecule has 4 rings (SSSR count). The number of hydrogen-bond donors (Lipinski definition) is 1. The van der Waals surface area contributed by atoms with Gasteiger partial charge in [-0.15, -0.1) is 0 Å². The minimum absolute atomic E-state index is 0.0240. The normalized spacial score (nSPS) is 12.6. The van der Waals surface area contributed by atoms with Gasteiger partial charge in [0.15, 0.2) is 0 Å². The molecule has 0 radical (unpaired) electrons. The Labute approximate surface area is 150 Å². The van der Waals surface area contributed by atoms with Crippen LogP contribution in [0.5, 0.6) is 0 Å². The van der Waals surface area contributed by atoms with Gasteiger partial charge < -0.3 is 10.6 Å². The maximum absolute atomic E-state index is 10.7. The lowest BCUT2D eigenvalue weighted by Crippen LogP contribution is -2.33. The highest BCUT2D eigenvalue weighted by molar-refractivity contribution is 6.12. The molecule has 6 nitrogen and oxygen atoms in total. The van der Waals surface area contributed by atoms with E-state index < -0.39 is 4.92 Å². The maximum Gasteiger partial charge on any atom is 0.269 e. The van der Waals surface area contributed by atoms with E-state index in [9.17, 15) is 10.1 Å². The molecule has 3 aromatic carbocycles. The van der Waals surface area contributed by atoms with Crippen LogP contribution in [0.4, 0.5) is 17.1 Å². The largest absolute Gasteiger partial charge is 0.369 e. The Hall–Kier alpha value is -3.67. The van der Waals surface area contributed by atoms with E-state index in [2.05, 4.69) is 35.3 Å². The van der Waals surface area contributed by atoms with Gasteiger partial charge in [0, 0.05) is 24.6 Å². The first-order chi connectivity index (χ1) is 12.5. The third kappa shape index (κ3) is 2.57. The number of nitro benzene ring substituents is 1. The van der Waals surface area contributed by atoms with Crippen LogP contribution in [0, 0.1) is 10.1 Å². The number of nitro groups is 1. The Morgan fingerprint density at radius 2 is 1.73 bits per heavy atom. The average Bonchev–Trinajstić information content (AvgIpc) is 3.07. The molecule has 0 fully saturated rings. The molecule has 6 heteroatoms. The Balaban J connectivity index is 1.71. The summed E-state index contributed by atoms with van der Waals surface area (Å²) < 4.78 is 0. The molecule has 0 saturated heterocycles. The first-order valence-corrected chi connectivity index (χ1v) is 8.11. The van der Waals surface area contributed by atoms with Gasteiger partial charge >= 0.3 is 0 Å². The fourth-order valence-corrected chi connectivity index (χ4v) is 3.18. The van der Waals surface area contributed by atoms with E-state index in [1.54, 1.807) is 12.1 Å². The summed E-state index contributed by atoms with van der Waals surface area (Å²) in [6.45, 7) is 0. The van der Waals surface area contributed by atoms with Gasteiger partial charge in [-0.25, -0.2) is 4.99 Å². The highest BCUT2D eigenvalue weighted by Gasteiger charge is 2.15. The number of benzene rings is 3. The SMILES string of the molecule is CN(C(N)=Nc1ccc([N+](=O)[O-])cc1)c1ccc2c3c(cccc13)C=C2. The van der Waals surface area contributed by atoms with Crippen molar-refractivity contribution in [2.75, 3.05) is 11.9 Å². The van der Waals surface area contributed by atoms with Crippen molar-refractivity contribution in [3.05, 3.63) is 75.8 Å². The van der Waals surface area contributed by atoms with Crippen LogP contribution in [-0.4, -0.2) is 17.9 Å². The second-order valence-electron chi connectivity index (χ2n) is 6.08. The summed E-state index contributed by atoms with van der Waals surface area (Å²) in [6, 6.07) is 16.3. The van der Waals surface area contributed by atoms with Gasteiger partial charge in [0.05, 0.1) is 16.3 Å². The summed E-state index contributed by atoms with van der Waals surface area (Å²) in [7, 11) is 1.86. The van der Waals surface area contributed by atoms with Crippen molar-refractivity contribution in [1.29, 1.82) is 0 Å². The standard InChI is InChI=1S/C20H16N4O2/c1-23(20(21)22-15-8-10-16(11-9-15)24(25)26)18-12-7-14-6-5-13-3-2-4-17(18)19(13)14/h2-12H,1H3,(H2,21,22). The minimum atomic E-state index is -0.441. The highest BCUT2D eigenvalue weighted by Crippen LogP contribution is 2.36. The van der Waals surface area contributed by atoms with Crippen molar-refractivity contribution in [3.8, 4) is 0 Å². The molecule has 3 aromatic rings. The molecule has 26 heavy (non-hydrogen) atoms. The zero-order valence-electron chi connectivity index (χ0n) is 14.1. The van der Waals surface area contributed by atoms with Crippen molar-refractivity contribution < 1.29 is 4.92 Å². The number of hydrogen-bond acceptors (Lipinski definition) is 3. The summed E-state index contributed by atoms with van der Waals surface area (Å²) in [6.07, 6.45) is 4.21. The molecule has 0 saturated carbocycles. The lowest BCUT2D eigenvalue weighted by Gasteiger charge is -2.21. The lowest BCUT2D eigenvalue weighted by molar-refractivity contribution is -0.384. The molecule has 0 aromatic heterocycles. The molecule has 0 bridgehead atoms. The average molecular weight is 344 g/mol. The summed E-state index contributed by atoms with van der Waals surface area (Å²) in [5, 5.41) is 13.1. The number of nitrogens with zero attached hydrogens (tertiary/aromatic N) is 3. The van der Waals surface area contributed by atoms with Crippen LogP contribution < -0.4 is 10.6 Å². The van der Waals surface area contributed by atoms with Crippen molar-refractivity contribution in [2.24, 2.45) is 10.7 Å². The van der Waals surface area contributed by atoms with E-state index in [0.717, 1.165) is 11.1 Å². The molecule has 1 aliphatic rings. The molecule has 128 valence electrons. The van der Waals surface area contributed by atoms with Gasteiger partial charge in [-0.2, -0.15) is 0 Å². The zero-order chi connectivity index (χ0) is 18.3. The van der Waals surface area contributed by atoms with Gasteiger partial charge in [-0.3, -0.25) is 10.1 Å². The summed E-state index contributed by atoms with van der Waals surface area (Å²) in [4.78, 5) is 16.5. The van der Waals surface area contributed by atoms with E-state index in [-0.39, 0.29) is 5.69 Å². The Morgan fingerprint density at radius 1 is 1.04 bits per heavy atom. The predicted molar refractivity (Wildman–Crippen MR) is 106 cm³/mol. The van der Waals surface area contributed by atoms with Crippen LogP contribution in [0.15, 0.2) is 59.6 Å². The monoisotopic (exact) mass is 344 g/mol. The first-order valence-electron chi connectivity index (χ1n) is 8.11. The zero-order valence-corrected chi connectivity index (χ0v) is 14.1. The molecule has 0 atom stereocenters. The van der Waals surface area contributed by atoms with Crippen LogP contribution in [0.3, 0.4) is 0 Å². The number of nitrogens with two attached hydrogens (primary N) is 1. The van der Waals surface area contributed by atoms with E-state index in [4.69, 9.17) is 5.73 Å². The maximum atomic E-state index is 10.7.